The number of amides is 1. The quantitative estimate of drug-likeness (QED) is 0.281. The van der Waals surface area contributed by atoms with Gasteiger partial charge in [-0.1, -0.05) is 6.07 Å². The Morgan fingerprint density at radius 2 is 2.45 bits per heavy atom. The van der Waals surface area contributed by atoms with Gasteiger partial charge < -0.3 is 0 Å². The van der Waals surface area contributed by atoms with Gasteiger partial charge in [0.05, 0.1) is 12.2 Å². The molecule has 0 saturated heterocycles. The molecular formula is C7H8N3O. The Bertz CT molecular complexity index is 224. The molecule has 1 rings (SSSR count). The summed E-state index contributed by atoms with van der Waals surface area (Å²) >= 11 is 0. The van der Waals surface area contributed by atoms with Crippen LogP contribution in [0.15, 0.2) is 24.4 Å². The average Bonchev–Trinajstić information content (AvgIpc) is 2.06. The molecular weight excluding hydrogens is 142 g/mol. The summed E-state index contributed by atoms with van der Waals surface area (Å²) in [6.45, 7) is 0.296. The molecule has 0 unspecified atom stereocenters. The number of rotatable bonds is 3. The number of hydrazine groups is 1. The largest absolute Gasteiger partial charge is 0.327 e. The first-order chi connectivity index (χ1) is 5.33. The minimum Gasteiger partial charge on any atom is -0.266 e. The second kappa shape index (κ2) is 3.68. The second-order valence-electron chi connectivity index (χ2n) is 2.04. The van der Waals surface area contributed by atoms with Crippen molar-refractivity contribution >= 4 is 6.41 Å². The van der Waals surface area contributed by atoms with Crippen molar-refractivity contribution in [2.24, 2.45) is 5.84 Å². The van der Waals surface area contributed by atoms with E-state index in [1.54, 1.807) is 18.3 Å². The first-order valence-corrected chi connectivity index (χ1v) is 3.13. The number of nitrogens with two attached hydrogens (primary N) is 1. The smallest absolute Gasteiger partial charge is 0.266 e. The predicted octanol–water partition coefficient (Wildman–Crippen LogP) is -0.176. The van der Waals surface area contributed by atoms with E-state index >= 15 is 0 Å². The van der Waals surface area contributed by atoms with Crippen LogP contribution in [0.5, 0.6) is 0 Å². The highest BCUT2D eigenvalue weighted by Crippen LogP contribution is 1.94. The summed E-state index contributed by atoms with van der Waals surface area (Å²) in [5.74, 6) is 5.17. The van der Waals surface area contributed by atoms with E-state index in [4.69, 9.17) is 5.84 Å². The Morgan fingerprint density at radius 1 is 1.64 bits per heavy atom. The Morgan fingerprint density at radius 3 is 3.00 bits per heavy atom. The third kappa shape index (κ3) is 2.35. The molecule has 57 valence electrons. The number of aromatic nitrogens is 1. The topological polar surface area (TPSA) is 59.2 Å². The molecule has 1 heterocycles. The second-order valence-corrected chi connectivity index (χ2v) is 2.04. The predicted molar refractivity (Wildman–Crippen MR) is 39.7 cm³/mol. The molecule has 0 bridgehead atoms. The first kappa shape index (κ1) is 7.68. The molecule has 2 N–H and O–H groups in total. The van der Waals surface area contributed by atoms with Crippen molar-refractivity contribution in [3.05, 3.63) is 30.1 Å². The fourth-order valence-corrected chi connectivity index (χ4v) is 0.698. The molecule has 4 heteroatoms. The van der Waals surface area contributed by atoms with Gasteiger partial charge in [-0.25, -0.2) is 5.84 Å². The van der Waals surface area contributed by atoms with Gasteiger partial charge in [0.15, 0.2) is 0 Å². The zero-order valence-electron chi connectivity index (χ0n) is 5.90. The molecule has 0 aromatic carbocycles. The SMILES string of the molecule is NN([C]=O)Cc1ccccn1. The molecule has 11 heavy (non-hydrogen) atoms. The lowest BCUT2D eigenvalue weighted by atomic mass is 10.3. The lowest BCUT2D eigenvalue weighted by Gasteiger charge is -2.06. The van der Waals surface area contributed by atoms with Crippen molar-refractivity contribution in [2.45, 2.75) is 6.54 Å². The average molecular weight is 150 g/mol. The van der Waals surface area contributed by atoms with E-state index in [-0.39, 0.29) is 0 Å². The van der Waals surface area contributed by atoms with Crippen LogP contribution < -0.4 is 5.84 Å². The standard InChI is InChI=1S/C7H8N3O/c8-10(6-11)5-7-3-1-2-4-9-7/h1-4H,5,8H2. The summed E-state index contributed by atoms with van der Waals surface area (Å²) < 4.78 is 0. The molecule has 1 aromatic heterocycles. The van der Waals surface area contributed by atoms with E-state index in [0.29, 0.717) is 6.54 Å². The zero-order chi connectivity index (χ0) is 8.10. The summed E-state index contributed by atoms with van der Waals surface area (Å²) in [5, 5.41) is 0.919. The van der Waals surface area contributed by atoms with Gasteiger partial charge in [0.2, 0.25) is 0 Å². The minimum atomic E-state index is 0.296. The van der Waals surface area contributed by atoms with Gasteiger partial charge in [0, 0.05) is 6.20 Å². The van der Waals surface area contributed by atoms with E-state index < -0.39 is 0 Å². The highest BCUT2D eigenvalue weighted by Gasteiger charge is 1.97. The van der Waals surface area contributed by atoms with Gasteiger partial charge in [-0.3, -0.25) is 14.8 Å². The molecule has 0 aliphatic carbocycles. The highest BCUT2D eigenvalue weighted by atomic mass is 16.1. The van der Waals surface area contributed by atoms with Crippen LogP contribution in [-0.4, -0.2) is 16.4 Å². The third-order valence-corrected chi connectivity index (χ3v) is 1.18. The van der Waals surface area contributed by atoms with Gasteiger partial charge in [-0.05, 0) is 12.1 Å². The lowest BCUT2D eigenvalue weighted by molar-refractivity contribution is 0.383. The van der Waals surface area contributed by atoms with Gasteiger partial charge in [0.25, 0.3) is 0 Å². The number of carbonyl (C=O) groups excluding carboxylic acids is 1. The molecule has 1 radical (unpaired) electrons. The van der Waals surface area contributed by atoms with Crippen molar-refractivity contribution in [3.8, 4) is 0 Å². The van der Waals surface area contributed by atoms with Crippen LogP contribution in [0.3, 0.4) is 0 Å². The van der Waals surface area contributed by atoms with E-state index in [9.17, 15) is 4.79 Å². The molecule has 1 aromatic rings. The maximum Gasteiger partial charge on any atom is 0.327 e. The van der Waals surface area contributed by atoms with E-state index in [1.165, 1.54) is 6.41 Å². The molecule has 0 spiro atoms. The molecule has 0 aliphatic heterocycles. The maximum atomic E-state index is 9.96. The zero-order valence-corrected chi connectivity index (χ0v) is 5.90. The summed E-state index contributed by atoms with van der Waals surface area (Å²) in [5.41, 5.74) is 0.748. The van der Waals surface area contributed by atoms with Crippen LogP contribution in [0.4, 0.5) is 0 Å². The Kier molecular flexibility index (Phi) is 2.57. The Hall–Kier alpha value is -1.42. The normalized spacial score (nSPS) is 9.18. The molecule has 0 atom stereocenters. The van der Waals surface area contributed by atoms with Crippen molar-refractivity contribution in [1.29, 1.82) is 0 Å². The fraction of sp³-hybridized carbons (Fsp3) is 0.143. The van der Waals surface area contributed by atoms with Gasteiger partial charge in [-0.15, -0.1) is 0 Å². The molecule has 0 saturated carbocycles. The molecule has 0 fully saturated rings. The van der Waals surface area contributed by atoms with E-state index in [2.05, 4.69) is 4.98 Å². The van der Waals surface area contributed by atoms with Crippen LogP contribution in [0.2, 0.25) is 0 Å². The summed E-state index contributed by atoms with van der Waals surface area (Å²) in [7, 11) is 0. The molecule has 1 amide bonds. The summed E-state index contributed by atoms with van der Waals surface area (Å²) in [6.07, 6.45) is 3.18. The fourth-order valence-electron chi connectivity index (χ4n) is 0.698. The van der Waals surface area contributed by atoms with Crippen molar-refractivity contribution < 1.29 is 4.79 Å². The van der Waals surface area contributed by atoms with Crippen LogP contribution >= 0.6 is 0 Å². The Labute approximate surface area is 64.6 Å². The maximum absolute atomic E-state index is 9.96. The van der Waals surface area contributed by atoms with Crippen molar-refractivity contribution in [3.63, 3.8) is 0 Å². The van der Waals surface area contributed by atoms with Crippen LogP contribution in [0, 0.1) is 0 Å². The lowest BCUT2D eigenvalue weighted by Crippen LogP contribution is -2.28. The molecule has 0 aliphatic rings. The number of nitrogens with zero attached hydrogens (tertiary/aromatic N) is 2. The summed E-state index contributed by atoms with van der Waals surface area (Å²) in [4.78, 5) is 13.9. The van der Waals surface area contributed by atoms with Gasteiger partial charge >= 0.3 is 6.41 Å². The molecule has 4 nitrogen and oxygen atoms in total. The van der Waals surface area contributed by atoms with Gasteiger partial charge in [0.1, 0.15) is 0 Å². The summed E-state index contributed by atoms with van der Waals surface area (Å²) in [6, 6.07) is 5.42. The van der Waals surface area contributed by atoms with E-state index in [1.807, 2.05) is 6.07 Å². The van der Waals surface area contributed by atoms with Gasteiger partial charge in [-0.2, -0.15) is 0 Å². The number of hydrogen-bond acceptors (Lipinski definition) is 3. The van der Waals surface area contributed by atoms with Crippen LogP contribution in [0.25, 0.3) is 0 Å². The van der Waals surface area contributed by atoms with Crippen LogP contribution in [0.1, 0.15) is 5.69 Å². The van der Waals surface area contributed by atoms with E-state index in [0.717, 1.165) is 10.7 Å². The minimum absolute atomic E-state index is 0.296. The Balaban J connectivity index is 2.57. The monoisotopic (exact) mass is 150 g/mol. The van der Waals surface area contributed by atoms with Crippen molar-refractivity contribution in [1.82, 2.24) is 9.99 Å². The van der Waals surface area contributed by atoms with Crippen molar-refractivity contribution in [2.75, 3.05) is 0 Å². The number of hydrogen-bond donors (Lipinski definition) is 1. The first-order valence-electron chi connectivity index (χ1n) is 3.13. The number of pyridine rings is 1. The highest BCUT2D eigenvalue weighted by molar-refractivity contribution is 5.46. The van der Waals surface area contributed by atoms with Crippen LogP contribution in [-0.2, 0) is 11.3 Å². The third-order valence-electron chi connectivity index (χ3n) is 1.18.